The summed E-state index contributed by atoms with van der Waals surface area (Å²) in [6, 6.07) is 2.11. The predicted molar refractivity (Wildman–Crippen MR) is 117 cm³/mol. The molecule has 0 bridgehead atoms. The quantitative estimate of drug-likeness (QED) is 0.315. The molecular weight excluding hydrogens is 368 g/mol. The molecule has 0 saturated carbocycles. The molecule has 0 amide bonds. The molecule has 0 atom stereocenters. The van der Waals surface area contributed by atoms with Crippen molar-refractivity contribution in [3.63, 3.8) is 0 Å². The molecule has 0 aromatic heterocycles. The second kappa shape index (κ2) is 9.09. The van der Waals surface area contributed by atoms with Crippen LogP contribution in [0.1, 0.15) is 41.0 Å². The van der Waals surface area contributed by atoms with Gasteiger partial charge in [0.1, 0.15) is 5.54 Å². The lowest BCUT2D eigenvalue weighted by atomic mass is 9.78. The first-order valence-electron chi connectivity index (χ1n) is 9.71. The van der Waals surface area contributed by atoms with Crippen LogP contribution in [0.2, 0.25) is 0 Å². The largest absolute Gasteiger partial charge is 0.297 e. The van der Waals surface area contributed by atoms with E-state index in [0.29, 0.717) is 35.4 Å². The zero-order valence-electron chi connectivity index (χ0n) is 17.6. The number of alkyl halides is 2. The second-order valence-corrected chi connectivity index (χ2v) is 7.37. The van der Waals surface area contributed by atoms with Gasteiger partial charge in [0.05, 0.1) is 11.8 Å². The van der Waals surface area contributed by atoms with E-state index in [1.165, 1.54) is 19.9 Å². The van der Waals surface area contributed by atoms with Crippen molar-refractivity contribution in [1.29, 1.82) is 5.26 Å². The van der Waals surface area contributed by atoms with Crippen LogP contribution in [0.4, 0.5) is 8.78 Å². The molecule has 2 rings (SSSR count). The van der Waals surface area contributed by atoms with Gasteiger partial charge in [-0.15, -0.1) is 0 Å². The molecular formula is C24H27F2N3. The SMILES string of the molecule is C\C=C(C#N)/C=C\C(C)=C(\C=NCC)C1=NC(C)(C)C(F)(F)C2=CC=CCC=C21. The number of hydrogen-bond acceptors (Lipinski definition) is 3. The van der Waals surface area contributed by atoms with E-state index in [9.17, 15) is 0 Å². The van der Waals surface area contributed by atoms with Gasteiger partial charge in [0.15, 0.2) is 0 Å². The van der Waals surface area contributed by atoms with Crippen LogP contribution in [0.15, 0.2) is 80.4 Å². The third-order valence-electron chi connectivity index (χ3n) is 4.94. The number of rotatable bonds is 5. The third kappa shape index (κ3) is 4.59. The maximum Gasteiger partial charge on any atom is 0.297 e. The summed E-state index contributed by atoms with van der Waals surface area (Å²) in [7, 11) is 0. The lowest BCUT2D eigenvalue weighted by molar-refractivity contribution is -0.0221. The molecule has 0 spiro atoms. The van der Waals surface area contributed by atoms with Gasteiger partial charge in [-0.3, -0.25) is 9.98 Å². The molecule has 0 radical (unpaired) electrons. The number of halogens is 2. The zero-order valence-corrected chi connectivity index (χ0v) is 17.6. The summed E-state index contributed by atoms with van der Waals surface area (Å²) in [4.78, 5) is 8.86. The summed E-state index contributed by atoms with van der Waals surface area (Å²) < 4.78 is 30.4. The van der Waals surface area contributed by atoms with Crippen LogP contribution in [0, 0.1) is 11.3 Å². The smallest absolute Gasteiger partial charge is 0.293 e. The fourth-order valence-corrected chi connectivity index (χ4v) is 3.11. The van der Waals surface area contributed by atoms with Crippen molar-refractivity contribution in [3.8, 4) is 6.07 Å². The second-order valence-electron chi connectivity index (χ2n) is 7.37. The highest BCUT2D eigenvalue weighted by Gasteiger charge is 2.54. The molecule has 0 unspecified atom stereocenters. The van der Waals surface area contributed by atoms with Gasteiger partial charge in [-0.05, 0) is 52.7 Å². The Morgan fingerprint density at radius 2 is 2.07 bits per heavy atom. The molecule has 29 heavy (non-hydrogen) atoms. The number of nitriles is 1. The van der Waals surface area contributed by atoms with Gasteiger partial charge in [0.25, 0.3) is 5.92 Å². The zero-order chi connectivity index (χ0) is 21.7. The fraction of sp³-hybridized carbons (Fsp3) is 0.375. The predicted octanol–water partition coefficient (Wildman–Crippen LogP) is 6.10. The van der Waals surface area contributed by atoms with Crippen molar-refractivity contribution in [2.45, 2.75) is 52.5 Å². The summed E-state index contributed by atoms with van der Waals surface area (Å²) >= 11 is 0. The Morgan fingerprint density at radius 1 is 1.34 bits per heavy atom. The van der Waals surface area contributed by atoms with Crippen molar-refractivity contribution in [3.05, 3.63) is 70.4 Å². The van der Waals surface area contributed by atoms with E-state index >= 15 is 8.78 Å². The van der Waals surface area contributed by atoms with Crippen molar-refractivity contribution in [1.82, 2.24) is 0 Å². The molecule has 1 aliphatic heterocycles. The van der Waals surface area contributed by atoms with Crippen LogP contribution >= 0.6 is 0 Å². The first kappa shape index (κ1) is 22.4. The Bertz CT molecular complexity index is 943. The molecule has 0 aromatic carbocycles. The molecule has 0 aromatic rings. The van der Waals surface area contributed by atoms with Crippen LogP contribution in [0.25, 0.3) is 0 Å². The lowest BCUT2D eigenvalue weighted by Gasteiger charge is -2.39. The lowest BCUT2D eigenvalue weighted by Crippen LogP contribution is -2.48. The van der Waals surface area contributed by atoms with Gasteiger partial charge in [-0.2, -0.15) is 14.0 Å². The Morgan fingerprint density at radius 3 is 2.69 bits per heavy atom. The monoisotopic (exact) mass is 395 g/mol. The summed E-state index contributed by atoms with van der Waals surface area (Å²) in [5.74, 6) is -3.09. The number of aliphatic imine (C=N–C) groups is 2. The maximum absolute atomic E-state index is 15.2. The van der Waals surface area contributed by atoms with Gasteiger partial charge in [-0.1, -0.05) is 36.5 Å². The topological polar surface area (TPSA) is 48.5 Å². The Labute approximate surface area is 171 Å². The van der Waals surface area contributed by atoms with Gasteiger partial charge in [0, 0.05) is 35.1 Å². The van der Waals surface area contributed by atoms with E-state index in [4.69, 9.17) is 5.26 Å². The maximum atomic E-state index is 15.2. The summed E-state index contributed by atoms with van der Waals surface area (Å²) in [5.41, 5.74) is 1.33. The average Bonchev–Trinajstić information content (AvgIpc) is 2.93. The summed E-state index contributed by atoms with van der Waals surface area (Å²) in [5, 5.41) is 9.14. The first-order valence-corrected chi connectivity index (χ1v) is 9.71. The number of allylic oxidation sites excluding steroid dienone is 11. The minimum atomic E-state index is -3.09. The molecule has 152 valence electrons. The van der Waals surface area contributed by atoms with Crippen LogP contribution in [0.5, 0.6) is 0 Å². The molecule has 5 heteroatoms. The molecule has 1 aliphatic carbocycles. The third-order valence-corrected chi connectivity index (χ3v) is 4.94. The van der Waals surface area contributed by atoms with Crippen molar-refractivity contribution in [2.24, 2.45) is 9.98 Å². The first-order chi connectivity index (χ1) is 13.7. The highest BCUT2D eigenvalue weighted by Crippen LogP contribution is 2.47. The minimum Gasteiger partial charge on any atom is -0.293 e. The van der Waals surface area contributed by atoms with Crippen molar-refractivity contribution in [2.75, 3.05) is 6.54 Å². The van der Waals surface area contributed by atoms with Gasteiger partial charge in [-0.25, -0.2) is 0 Å². The van der Waals surface area contributed by atoms with Gasteiger partial charge >= 0.3 is 0 Å². The van der Waals surface area contributed by atoms with Crippen molar-refractivity contribution >= 4 is 11.9 Å². The highest BCUT2D eigenvalue weighted by atomic mass is 19.3. The van der Waals surface area contributed by atoms with E-state index in [1.807, 2.05) is 19.9 Å². The minimum absolute atomic E-state index is 0.0217. The van der Waals surface area contributed by atoms with E-state index in [0.717, 1.165) is 5.57 Å². The van der Waals surface area contributed by atoms with E-state index in [-0.39, 0.29) is 5.57 Å². The summed E-state index contributed by atoms with van der Waals surface area (Å²) in [6.45, 7) is 9.04. The molecule has 2 aliphatic rings. The molecule has 1 heterocycles. The Kier molecular flexibility index (Phi) is 7.02. The standard InChI is InChI=1S/C24H27F2N3/c1-6-18(15-27)14-13-17(3)20(16-28-7-2)22-19-11-9-8-10-12-21(19)24(25,26)23(4,5)29-22/h6,8,10-14,16H,7,9H2,1-5H3/b14-13-,18-6+,20-17-,28-16?. The molecule has 0 N–H and O–H groups in total. The Balaban J connectivity index is 2.74. The number of hydrogen-bond donors (Lipinski definition) is 0. The summed E-state index contributed by atoms with van der Waals surface area (Å²) in [6.07, 6.45) is 14.3. The van der Waals surface area contributed by atoms with Gasteiger partial charge < -0.3 is 0 Å². The van der Waals surface area contributed by atoms with Crippen LogP contribution in [-0.4, -0.2) is 29.9 Å². The normalized spacial score (nSPS) is 21.7. The fourth-order valence-electron chi connectivity index (χ4n) is 3.11. The number of nitrogens with zero attached hydrogens (tertiary/aromatic N) is 3. The van der Waals surface area contributed by atoms with Crippen LogP contribution in [-0.2, 0) is 0 Å². The molecule has 0 saturated heterocycles. The molecule has 0 fully saturated rings. The number of fused-ring (bicyclic) bond motifs is 1. The van der Waals surface area contributed by atoms with E-state index < -0.39 is 11.5 Å². The van der Waals surface area contributed by atoms with E-state index in [1.54, 1.807) is 43.5 Å². The van der Waals surface area contributed by atoms with Crippen LogP contribution < -0.4 is 0 Å². The molecule has 3 nitrogen and oxygen atoms in total. The van der Waals surface area contributed by atoms with E-state index in [2.05, 4.69) is 16.1 Å². The highest BCUT2D eigenvalue weighted by molar-refractivity contribution is 6.27. The van der Waals surface area contributed by atoms with Crippen LogP contribution in [0.3, 0.4) is 0 Å². The van der Waals surface area contributed by atoms with Crippen molar-refractivity contribution < 1.29 is 8.78 Å². The van der Waals surface area contributed by atoms with Gasteiger partial charge in [0.2, 0.25) is 0 Å². The average molecular weight is 395 g/mol. The Hall–Kier alpha value is -2.87.